The molecule has 3 N–H and O–H groups in total. The molecule has 2 rings (SSSR count). The molecule has 3 nitrogen and oxygen atoms in total. The van der Waals surface area contributed by atoms with Crippen molar-refractivity contribution in [3.05, 3.63) is 63.1 Å². The lowest BCUT2D eigenvalue weighted by Crippen LogP contribution is -2.86. The van der Waals surface area contributed by atoms with Crippen molar-refractivity contribution in [2.24, 2.45) is 0 Å². The van der Waals surface area contributed by atoms with Crippen LogP contribution in [0.4, 0.5) is 5.69 Å². The summed E-state index contributed by atoms with van der Waals surface area (Å²) in [5.74, 6) is -0.00811. The van der Waals surface area contributed by atoms with Crippen LogP contribution in [0.5, 0.6) is 0 Å². The summed E-state index contributed by atoms with van der Waals surface area (Å²) in [5, 5.41) is 5.67. The zero-order chi connectivity index (χ0) is 16.1. The standard InChI is InChI=1S/C17H18BrClN2O/c1-11-9-14(18)5-8-16(11)21-17(22)10-20-12(2)13-3-6-15(19)7-4-13/h3-9,12,20H,10H2,1-2H3,(H,21,22)/p+1/t12-/m1/s1. The summed E-state index contributed by atoms with van der Waals surface area (Å²) in [4.78, 5) is 12.1. The lowest BCUT2D eigenvalue weighted by atomic mass is 10.1. The molecule has 0 fully saturated rings. The molecular formula is C17H19BrClN2O+. The fourth-order valence-electron chi connectivity index (χ4n) is 2.15. The van der Waals surface area contributed by atoms with Crippen molar-refractivity contribution < 1.29 is 10.1 Å². The Bertz CT molecular complexity index is 658. The first-order valence-electron chi connectivity index (χ1n) is 7.10. The van der Waals surface area contributed by atoms with Crippen LogP contribution < -0.4 is 10.6 Å². The van der Waals surface area contributed by atoms with Gasteiger partial charge in [0, 0.05) is 20.7 Å². The molecule has 0 saturated carbocycles. The lowest BCUT2D eigenvalue weighted by molar-refractivity contribution is -0.682. The van der Waals surface area contributed by atoms with E-state index < -0.39 is 0 Å². The van der Waals surface area contributed by atoms with Crippen molar-refractivity contribution in [3.63, 3.8) is 0 Å². The minimum atomic E-state index is -0.00811. The Kier molecular flexibility index (Phi) is 6.00. The molecule has 22 heavy (non-hydrogen) atoms. The highest BCUT2D eigenvalue weighted by Crippen LogP contribution is 2.19. The number of hydrogen-bond acceptors (Lipinski definition) is 1. The van der Waals surface area contributed by atoms with Gasteiger partial charge in [-0.15, -0.1) is 0 Å². The van der Waals surface area contributed by atoms with Crippen molar-refractivity contribution >= 4 is 39.1 Å². The van der Waals surface area contributed by atoms with Crippen molar-refractivity contribution in [3.8, 4) is 0 Å². The molecule has 0 aromatic heterocycles. The SMILES string of the molecule is Cc1cc(Br)ccc1NC(=O)C[NH2+][C@H](C)c1ccc(Cl)cc1. The van der Waals surface area contributed by atoms with Crippen molar-refractivity contribution in [1.29, 1.82) is 0 Å². The number of hydrogen-bond donors (Lipinski definition) is 2. The molecule has 0 radical (unpaired) electrons. The maximum atomic E-state index is 12.1. The van der Waals surface area contributed by atoms with E-state index >= 15 is 0 Å². The molecule has 0 bridgehead atoms. The predicted molar refractivity (Wildman–Crippen MR) is 94.2 cm³/mol. The molecule has 2 aromatic carbocycles. The van der Waals surface area contributed by atoms with E-state index in [4.69, 9.17) is 11.6 Å². The second kappa shape index (κ2) is 7.77. The van der Waals surface area contributed by atoms with E-state index in [0.717, 1.165) is 26.3 Å². The van der Waals surface area contributed by atoms with Crippen molar-refractivity contribution in [2.75, 3.05) is 11.9 Å². The monoisotopic (exact) mass is 381 g/mol. The summed E-state index contributed by atoms with van der Waals surface area (Å²) in [6, 6.07) is 13.7. The topological polar surface area (TPSA) is 45.7 Å². The molecule has 116 valence electrons. The van der Waals surface area contributed by atoms with E-state index in [-0.39, 0.29) is 11.9 Å². The third kappa shape index (κ3) is 4.83. The Balaban J connectivity index is 1.88. The summed E-state index contributed by atoms with van der Waals surface area (Å²) in [5.41, 5.74) is 3.03. The number of amides is 1. The van der Waals surface area contributed by atoms with Crippen LogP contribution in [0.3, 0.4) is 0 Å². The molecule has 0 aliphatic rings. The molecule has 0 spiro atoms. The summed E-state index contributed by atoms with van der Waals surface area (Å²) < 4.78 is 1.01. The van der Waals surface area contributed by atoms with Gasteiger partial charge in [-0.2, -0.15) is 0 Å². The second-order valence-electron chi connectivity index (χ2n) is 5.29. The third-order valence-electron chi connectivity index (χ3n) is 3.52. The Morgan fingerprint density at radius 1 is 1.27 bits per heavy atom. The van der Waals surface area contributed by atoms with Crippen molar-refractivity contribution in [2.45, 2.75) is 19.9 Å². The van der Waals surface area contributed by atoms with Crippen LogP contribution in [0, 0.1) is 6.92 Å². The van der Waals surface area contributed by atoms with Crippen LogP contribution in [0.15, 0.2) is 46.9 Å². The van der Waals surface area contributed by atoms with Gasteiger partial charge in [0.2, 0.25) is 0 Å². The molecule has 1 amide bonds. The molecule has 1 atom stereocenters. The average molecular weight is 383 g/mol. The largest absolute Gasteiger partial charge is 0.333 e. The van der Waals surface area contributed by atoms with E-state index in [1.54, 1.807) is 0 Å². The van der Waals surface area contributed by atoms with Gasteiger partial charge in [-0.25, -0.2) is 0 Å². The number of aryl methyl sites for hydroxylation is 1. The summed E-state index contributed by atoms with van der Waals surface area (Å²) >= 11 is 9.30. The van der Waals surface area contributed by atoms with Gasteiger partial charge in [0.15, 0.2) is 6.54 Å². The zero-order valence-electron chi connectivity index (χ0n) is 12.6. The molecule has 0 saturated heterocycles. The van der Waals surface area contributed by atoms with Crippen LogP contribution in [0.25, 0.3) is 0 Å². The number of quaternary nitrogens is 1. The first-order chi connectivity index (χ1) is 10.5. The quantitative estimate of drug-likeness (QED) is 0.814. The molecule has 2 aromatic rings. The number of benzene rings is 2. The van der Waals surface area contributed by atoms with Gasteiger partial charge in [-0.1, -0.05) is 39.7 Å². The second-order valence-corrected chi connectivity index (χ2v) is 6.64. The van der Waals surface area contributed by atoms with Crippen LogP contribution in [-0.4, -0.2) is 12.5 Å². The number of rotatable bonds is 5. The van der Waals surface area contributed by atoms with E-state index in [0.29, 0.717) is 6.54 Å². The van der Waals surface area contributed by atoms with E-state index in [1.165, 1.54) is 0 Å². The van der Waals surface area contributed by atoms with Crippen LogP contribution in [0.2, 0.25) is 5.02 Å². The van der Waals surface area contributed by atoms with Crippen LogP contribution in [-0.2, 0) is 4.79 Å². The van der Waals surface area contributed by atoms with Gasteiger partial charge in [0.1, 0.15) is 6.04 Å². The number of anilines is 1. The highest BCUT2D eigenvalue weighted by Gasteiger charge is 2.12. The van der Waals surface area contributed by atoms with Crippen molar-refractivity contribution in [1.82, 2.24) is 0 Å². The first-order valence-corrected chi connectivity index (χ1v) is 8.27. The number of halogens is 2. The Labute approximate surface area is 144 Å². The first kappa shape index (κ1) is 17.0. The smallest absolute Gasteiger partial charge is 0.279 e. The van der Waals surface area contributed by atoms with Gasteiger partial charge >= 0.3 is 0 Å². The average Bonchev–Trinajstić information content (AvgIpc) is 2.48. The number of carbonyl (C=O) groups excluding carboxylic acids is 1. The Morgan fingerprint density at radius 3 is 2.59 bits per heavy atom. The summed E-state index contributed by atoms with van der Waals surface area (Å²) in [7, 11) is 0. The maximum Gasteiger partial charge on any atom is 0.279 e. The lowest BCUT2D eigenvalue weighted by Gasteiger charge is -2.12. The molecule has 0 aliphatic carbocycles. The fraction of sp³-hybridized carbons (Fsp3) is 0.235. The number of carbonyl (C=O) groups is 1. The van der Waals surface area contributed by atoms with Gasteiger partial charge in [-0.05, 0) is 49.7 Å². The van der Waals surface area contributed by atoms with E-state index in [2.05, 4.69) is 28.2 Å². The van der Waals surface area contributed by atoms with E-state index in [1.807, 2.05) is 54.7 Å². The summed E-state index contributed by atoms with van der Waals surface area (Å²) in [6.45, 7) is 4.42. The van der Waals surface area contributed by atoms with Crippen LogP contribution in [0.1, 0.15) is 24.1 Å². The van der Waals surface area contributed by atoms with Gasteiger partial charge in [0.05, 0.1) is 0 Å². The van der Waals surface area contributed by atoms with Gasteiger partial charge in [-0.3, -0.25) is 4.79 Å². The normalized spacial score (nSPS) is 12.0. The Hall–Kier alpha value is -1.36. The van der Waals surface area contributed by atoms with E-state index in [9.17, 15) is 4.79 Å². The highest BCUT2D eigenvalue weighted by molar-refractivity contribution is 9.10. The number of nitrogens with two attached hydrogens (primary N) is 1. The van der Waals surface area contributed by atoms with Gasteiger partial charge < -0.3 is 10.6 Å². The summed E-state index contributed by atoms with van der Waals surface area (Å²) in [6.07, 6.45) is 0. The fourth-order valence-corrected chi connectivity index (χ4v) is 2.76. The maximum absolute atomic E-state index is 12.1. The third-order valence-corrected chi connectivity index (χ3v) is 4.26. The molecule has 0 aliphatic heterocycles. The molecule has 5 heteroatoms. The molecule has 0 heterocycles. The minimum absolute atomic E-state index is 0.00811. The molecular weight excluding hydrogens is 364 g/mol. The Morgan fingerprint density at radius 2 is 1.95 bits per heavy atom. The van der Waals surface area contributed by atoms with Gasteiger partial charge in [0.25, 0.3) is 5.91 Å². The van der Waals surface area contributed by atoms with Crippen LogP contribution >= 0.6 is 27.5 Å². The predicted octanol–water partition coefficient (Wildman–Crippen LogP) is 3.67. The number of nitrogens with one attached hydrogen (secondary N) is 1. The highest BCUT2D eigenvalue weighted by atomic mass is 79.9. The zero-order valence-corrected chi connectivity index (χ0v) is 14.9. The minimum Gasteiger partial charge on any atom is -0.333 e. The molecule has 0 unspecified atom stereocenters.